The van der Waals surface area contributed by atoms with Crippen LogP contribution in [-0.4, -0.2) is 22.0 Å². The van der Waals surface area contributed by atoms with Gasteiger partial charge < -0.3 is 10.4 Å². The second-order valence-electron chi connectivity index (χ2n) is 6.25. The molecular weight excluding hydrogens is 268 g/mol. The molecule has 21 heavy (non-hydrogen) atoms. The van der Waals surface area contributed by atoms with Crippen LogP contribution in [0.25, 0.3) is 0 Å². The third kappa shape index (κ3) is 3.60. The van der Waals surface area contributed by atoms with Crippen molar-refractivity contribution in [3.8, 4) is 0 Å². The molecule has 5 heteroatoms. The molecule has 2 rings (SSSR count). The average molecular weight is 290 g/mol. The van der Waals surface area contributed by atoms with Crippen LogP contribution in [0, 0.1) is 11.3 Å². The molecule has 1 aromatic rings. The first kappa shape index (κ1) is 15.5. The van der Waals surface area contributed by atoms with E-state index < -0.39 is 5.97 Å². The number of aromatic nitrogens is 1. The minimum Gasteiger partial charge on any atom is -0.477 e. The van der Waals surface area contributed by atoms with Crippen LogP contribution < -0.4 is 5.32 Å². The number of hydrogen-bond donors (Lipinski definition) is 2. The Labute approximate surface area is 124 Å². The highest BCUT2D eigenvalue weighted by Gasteiger charge is 2.41. The Kier molecular flexibility index (Phi) is 4.60. The number of hydrogen-bond acceptors (Lipinski definition) is 3. The number of rotatable bonds is 5. The fourth-order valence-corrected chi connectivity index (χ4v) is 3.23. The highest BCUT2D eigenvalue weighted by atomic mass is 16.4. The lowest BCUT2D eigenvalue weighted by Gasteiger charge is -2.29. The van der Waals surface area contributed by atoms with E-state index in [0.29, 0.717) is 11.7 Å². The third-order valence-corrected chi connectivity index (χ3v) is 4.05. The van der Waals surface area contributed by atoms with Crippen molar-refractivity contribution < 1.29 is 14.7 Å². The van der Waals surface area contributed by atoms with Crippen LogP contribution in [0.4, 0.5) is 5.82 Å². The standard InChI is InChI=1S/C16H22N2O3/c1-11(2)10-16(8-3-4-9-16)15(21)18-13-7-5-6-12(17-13)14(19)20/h5-7,11H,3-4,8-10H2,1-2H3,(H,19,20)(H,17,18,21). The van der Waals surface area contributed by atoms with E-state index in [0.717, 1.165) is 32.1 Å². The summed E-state index contributed by atoms with van der Waals surface area (Å²) in [5, 5.41) is 11.8. The monoisotopic (exact) mass is 290 g/mol. The number of amides is 1. The summed E-state index contributed by atoms with van der Waals surface area (Å²) in [6.45, 7) is 4.24. The Morgan fingerprint density at radius 3 is 2.57 bits per heavy atom. The van der Waals surface area contributed by atoms with Crippen molar-refractivity contribution in [1.82, 2.24) is 4.98 Å². The first-order valence-corrected chi connectivity index (χ1v) is 7.45. The Morgan fingerprint density at radius 2 is 2.00 bits per heavy atom. The van der Waals surface area contributed by atoms with E-state index in [1.165, 1.54) is 6.07 Å². The predicted octanol–water partition coefficient (Wildman–Crippen LogP) is 3.32. The molecule has 0 spiro atoms. The first-order chi connectivity index (χ1) is 9.93. The molecule has 0 radical (unpaired) electrons. The number of anilines is 1. The number of carboxylic acids is 1. The number of pyridine rings is 1. The zero-order chi connectivity index (χ0) is 15.5. The van der Waals surface area contributed by atoms with Gasteiger partial charge in [-0.15, -0.1) is 0 Å². The summed E-state index contributed by atoms with van der Waals surface area (Å²) in [5.41, 5.74) is -0.383. The lowest BCUT2D eigenvalue weighted by molar-refractivity contribution is -0.126. The number of carbonyl (C=O) groups is 2. The zero-order valence-corrected chi connectivity index (χ0v) is 12.6. The van der Waals surface area contributed by atoms with Gasteiger partial charge in [0.1, 0.15) is 5.82 Å². The number of nitrogens with zero attached hydrogens (tertiary/aromatic N) is 1. The fraction of sp³-hybridized carbons (Fsp3) is 0.562. The maximum Gasteiger partial charge on any atom is 0.354 e. The molecule has 0 unspecified atom stereocenters. The molecule has 0 aromatic carbocycles. The summed E-state index contributed by atoms with van der Waals surface area (Å²) in [6, 6.07) is 4.63. The summed E-state index contributed by atoms with van der Waals surface area (Å²) in [5.74, 6) is -0.352. The zero-order valence-electron chi connectivity index (χ0n) is 12.6. The lowest BCUT2D eigenvalue weighted by atomic mass is 9.77. The van der Waals surface area contributed by atoms with Crippen molar-refractivity contribution in [3.63, 3.8) is 0 Å². The van der Waals surface area contributed by atoms with Gasteiger partial charge in [0.2, 0.25) is 5.91 Å². The molecule has 0 bridgehead atoms. The average Bonchev–Trinajstić information content (AvgIpc) is 2.88. The van der Waals surface area contributed by atoms with E-state index in [2.05, 4.69) is 24.1 Å². The minimum absolute atomic E-state index is 0.0243. The Hall–Kier alpha value is -1.91. The Bertz CT molecular complexity index is 534. The first-order valence-electron chi connectivity index (χ1n) is 7.45. The molecule has 0 aliphatic heterocycles. The lowest BCUT2D eigenvalue weighted by Crippen LogP contribution is -2.35. The number of nitrogens with one attached hydrogen (secondary N) is 1. The van der Waals surface area contributed by atoms with Gasteiger partial charge in [-0.2, -0.15) is 0 Å². The maximum absolute atomic E-state index is 12.7. The quantitative estimate of drug-likeness (QED) is 0.871. The van der Waals surface area contributed by atoms with Crippen LogP contribution in [0.5, 0.6) is 0 Å². The topological polar surface area (TPSA) is 79.3 Å². The van der Waals surface area contributed by atoms with Crippen molar-refractivity contribution in [3.05, 3.63) is 23.9 Å². The molecule has 1 aliphatic rings. The largest absolute Gasteiger partial charge is 0.477 e. The molecule has 2 N–H and O–H groups in total. The summed E-state index contributed by atoms with van der Waals surface area (Å²) in [6.07, 6.45) is 4.80. The SMILES string of the molecule is CC(C)CC1(C(=O)Nc2cccc(C(=O)O)n2)CCCC1. The molecule has 1 aliphatic carbocycles. The summed E-state index contributed by atoms with van der Waals surface area (Å²) in [4.78, 5) is 27.5. The Balaban J connectivity index is 2.15. The van der Waals surface area contributed by atoms with E-state index in [4.69, 9.17) is 5.11 Å². The molecule has 0 atom stereocenters. The minimum atomic E-state index is -1.09. The van der Waals surface area contributed by atoms with Crippen molar-refractivity contribution in [2.24, 2.45) is 11.3 Å². The van der Waals surface area contributed by atoms with E-state index >= 15 is 0 Å². The van der Waals surface area contributed by atoms with Crippen molar-refractivity contribution >= 4 is 17.7 Å². The number of carbonyl (C=O) groups excluding carboxylic acids is 1. The molecule has 0 saturated heterocycles. The molecule has 114 valence electrons. The van der Waals surface area contributed by atoms with Crippen LogP contribution in [0.2, 0.25) is 0 Å². The Morgan fingerprint density at radius 1 is 1.33 bits per heavy atom. The van der Waals surface area contributed by atoms with Crippen LogP contribution in [0.15, 0.2) is 18.2 Å². The highest BCUT2D eigenvalue weighted by Crippen LogP contribution is 2.43. The summed E-state index contributed by atoms with van der Waals surface area (Å²) < 4.78 is 0. The predicted molar refractivity (Wildman–Crippen MR) is 80.2 cm³/mol. The molecule has 5 nitrogen and oxygen atoms in total. The van der Waals surface area contributed by atoms with E-state index in [1.54, 1.807) is 12.1 Å². The van der Waals surface area contributed by atoms with E-state index in [1.807, 2.05) is 0 Å². The van der Waals surface area contributed by atoms with E-state index in [9.17, 15) is 9.59 Å². The summed E-state index contributed by atoms with van der Waals surface area (Å²) in [7, 11) is 0. The fourth-order valence-electron chi connectivity index (χ4n) is 3.23. The molecule has 1 fully saturated rings. The molecule has 1 amide bonds. The second kappa shape index (κ2) is 6.24. The van der Waals surface area contributed by atoms with Gasteiger partial charge in [0, 0.05) is 5.41 Å². The van der Waals surface area contributed by atoms with Crippen LogP contribution in [-0.2, 0) is 4.79 Å². The molecule has 1 saturated carbocycles. The van der Waals surface area contributed by atoms with Crippen molar-refractivity contribution in [2.75, 3.05) is 5.32 Å². The van der Waals surface area contributed by atoms with Gasteiger partial charge >= 0.3 is 5.97 Å². The number of carboxylic acid groups (broad SMARTS) is 1. The van der Waals surface area contributed by atoms with Gasteiger partial charge in [-0.3, -0.25) is 4.79 Å². The van der Waals surface area contributed by atoms with Crippen molar-refractivity contribution in [2.45, 2.75) is 46.0 Å². The number of aromatic carboxylic acids is 1. The highest BCUT2D eigenvalue weighted by molar-refractivity contribution is 5.95. The van der Waals surface area contributed by atoms with Crippen LogP contribution in [0.3, 0.4) is 0 Å². The van der Waals surface area contributed by atoms with Gasteiger partial charge in [0.05, 0.1) is 0 Å². The second-order valence-corrected chi connectivity index (χ2v) is 6.25. The van der Waals surface area contributed by atoms with Gasteiger partial charge in [-0.1, -0.05) is 32.8 Å². The van der Waals surface area contributed by atoms with Gasteiger partial charge in [0.25, 0.3) is 0 Å². The maximum atomic E-state index is 12.7. The molecule has 1 aromatic heterocycles. The normalized spacial score (nSPS) is 16.9. The van der Waals surface area contributed by atoms with Gasteiger partial charge in [-0.25, -0.2) is 9.78 Å². The van der Waals surface area contributed by atoms with Crippen LogP contribution in [0.1, 0.15) is 56.4 Å². The summed E-state index contributed by atoms with van der Waals surface area (Å²) >= 11 is 0. The van der Waals surface area contributed by atoms with Crippen LogP contribution >= 0.6 is 0 Å². The van der Waals surface area contributed by atoms with Crippen molar-refractivity contribution in [1.29, 1.82) is 0 Å². The third-order valence-electron chi connectivity index (χ3n) is 4.05. The van der Waals surface area contributed by atoms with E-state index in [-0.39, 0.29) is 17.0 Å². The molecule has 1 heterocycles. The van der Waals surface area contributed by atoms with Gasteiger partial charge in [-0.05, 0) is 37.3 Å². The van der Waals surface area contributed by atoms with Gasteiger partial charge in [0.15, 0.2) is 5.69 Å². The molecular formula is C16H22N2O3. The smallest absolute Gasteiger partial charge is 0.354 e.